The summed E-state index contributed by atoms with van der Waals surface area (Å²) in [5.41, 5.74) is 2.47. The van der Waals surface area contributed by atoms with Gasteiger partial charge in [-0.05, 0) is 13.3 Å². The summed E-state index contributed by atoms with van der Waals surface area (Å²) in [6.45, 7) is 1.84. The van der Waals surface area contributed by atoms with E-state index in [0.29, 0.717) is 6.42 Å². The van der Waals surface area contributed by atoms with Gasteiger partial charge >= 0.3 is 0 Å². The van der Waals surface area contributed by atoms with Gasteiger partial charge in [0.2, 0.25) is 0 Å². The van der Waals surface area contributed by atoms with Crippen LogP contribution in [-0.2, 0) is 9.84 Å². The summed E-state index contributed by atoms with van der Waals surface area (Å²) < 4.78 is 21.2. The summed E-state index contributed by atoms with van der Waals surface area (Å²) in [6.07, 6.45) is 1.78. The largest absolute Gasteiger partial charge is 0.271 e. The molecule has 0 aliphatic heterocycles. The van der Waals surface area contributed by atoms with E-state index in [1.807, 2.05) is 6.92 Å². The molecule has 10 heavy (non-hydrogen) atoms. The summed E-state index contributed by atoms with van der Waals surface area (Å²) >= 11 is 0. The van der Waals surface area contributed by atoms with Gasteiger partial charge in [-0.2, -0.15) is 0 Å². The summed E-state index contributed by atoms with van der Waals surface area (Å²) in [5.74, 6) is 5.25. The average Bonchev–Trinajstić information content (AvgIpc) is 1.81. The zero-order chi connectivity index (χ0) is 8.20. The standard InChI is InChI=1S/C5H14N2O2S/c1-5(7-6)3-4-10(2,8)9/h5,7H,3-4,6H2,1-2H3. The molecule has 5 heteroatoms. The molecular formula is C5H14N2O2S. The molecule has 0 rings (SSSR count). The van der Waals surface area contributed by atoms with Gasteiger partial charge in [0, 0.05) is 12.3 Å². The monoisotopic (exact) mass is 166 g/mol. The Balaban J connectivity index is 3.56. The first-order valence-electron chi connectivity index (χ1n) is 3.09. The van der Waals surface area contributed by atoms with Crippen LogP contribution in [0.4, 0.5) is 0 Å². The van der Waals surface area contributed by atoms with Gasteiger partial charge in [0.15, 0.2) is 0 Å². The third-order valence-electron chi connectivity index (χ3n) is 1.21. The predicted octanol–water partition coefficient (Wildman–Crippen LogP) is -0.727. The summed E-state index contributed by atoms with van der Waals surface area (Å²) in [6, 6.07) is 0.0646. The van der Waals surface area contributed by atoms with E-state index in [-0.39, 0.29) is 11.8 Å². The first-order valence-corrected chi connectivity index (χ1v) is 5.15. The average molecular weight is 166 g/mol. The molecule has 0 bridgehead atoms. The second-order valence-electron chi connectivity index (χ2n) is 2.49. The minimum Gasteiger partial charge on any atom is -0.271 e. The number of nitrogens with one attached hydrogen (secondary N) is 1. The minimum atomic E-state index is -2.82. The van der Waals surface area contributed by atoms with Crippen LogP contribution in [0.15, 0.2) is 0 Å². The number of nitrogens with two attached hydrogens (primary N) is 1. The van der Waals surface area contributed by atoms with Crippen LogP contribution in [0.3, 0.4) is 0 Å². The van der Waals surface area contributed by atoms with Crippen molar-refractivity contribution in [1.82, 2.24) is 5.43 Å². The van der Waals surface area contributed by atoms with Crippen LogP contribution in [-0.4, -0.2) is 26.5 Å². The predicted molar refractivity (Wildman–Crippen MR) is 41.1 cm³/mol. The molecule has 1 atom stereocenters. The topological polar surface area (TPSA) is 72.2 Å². The van der Waals surface area contributed by atoms with Crippen molar-refractivity contribution >= 4 is 9.84 Å². The van der Waals surface area contributed by atoms with E-state index in [2.05, 4.69) is 5.43 Å². The Hall–Kier alpha value is -0.130. The second-order valence-corrected chi connectivity index (χ2v) is 4.75. The van der Waals surface area contributed by atoms with Gasteiger partial charge in [-0.3, -0.25) is 11.3 Å². The molecule has 0 spiro atoms. The lowest BCUT2D eigenvalue weighted by molar-refractivity contribution is 0.544. The number of rotatable bonds is 4. The molecule has 1 unspecified atom stereocenters. The minimum absolute atomic E-state index is 0.0646. The van der Waals surface area contributed by atoms with Crippen LogP contribution in [0.2, 0.25) is 0 Å². The summed E-state index contributed by atoms with van der Waals surface area (Å²) in [5, 5.41) is 0. The Bertz CT molecular complexity index is 176. The third-order valence-corrected chi connectivity index (χ3v) is 2.18. The molecular weight excluding hydrogens is 152 g/mol. The van der Waals surface area contributed by atoms with Gasteiger partial charge < -0.3 is 0 Å². The normalized spacial score (nSPS) is 15.1. The van der Waals surface area contributed by atoms with Crippen LogP contribution in [0.1, 0.15) is 13.3 Å². The van der Waals surface area contributed by atoms with Crippen LogP contribution in [0, 0.1) is 0 Å². The number of hydrazine groups is 1. The smallest absolute Gasteiger partial charge is 0.147 e. The van der Waals surface area contributed by atoms with Crippen molar-refractivity contribution < 1.29 is 8.42 Å². The van der Waals surface area contributed by atoms with E-state index in [9.17, 15) is 8.42 Å². The Morgan fingerprint density at radius 2 is 2.10 bits per heavy atom. The van der Waals surface area contributed by atoms with Crippen LogP contribution in [0.25, 0.3) is 0 Å². The van der Waals surface area contributed by atoms with Crippen molar-refractivity contribution in [3.63, 3.8) is 0 Å². The fourth-order valence-electron chi connectivity index (χ4n) is 0.474. The maximum atomic E-state index is 10.6. The number of hydrogen-bond donors (Lipinski definition) is 2. The maximum absolute atomic E-state index is 10.6. The van der Waals surface area contributed by atoms with Gasteiger partial charge in [0.05, 0.1) is 5.75 Å². The molecule has 4 nitrogen and oxygen atoms in total. The Labute approximate surface area is 61.7 Å². The Kier molecular flexibility index (Phi) is 3.85. The highest BCUT2D eigenvalue weighted by molar-refractivity contribution is 7.90. The van der Waals surface area contributed by atoms with E-state index >= 15 is 0 Å². The van der Waals surface area contributed by atoms with E-state index < -0.39 is 9.84 Å². The van der Waals surface area contributed by atoms with E-state index in [1.165, 1.54) is 6.26 Å². The van der Waals surface area contributed by atoms with Gasteiger partial charge in [-0.25, -0.2) is 8.42 Å². The molecule has 0 aromatic carbocycles. The molecule has 0 aromatic rings. The van der Waals surface area contributed by atoms with Crippen molar-refractivity contribution in [3.8, 4) is 0 Å². The van der Waals surface area contributed by atoms with E-state index in [4.69, 9.17) is 5.84 Å². The molecule has 0 fully saturated rings. The fraction of sp³-hybridized carbons (Fsp3) is 1.00. The first kappa shape index (κ1) is 9.87. The summed E-state index contributed by atoms with van der Waals surface area (Å²) in [4.78, 5) is 0. The van der Waals surface area contributed by atoms with Crippen LogP contribution < -0.4 is 11.3 Å². The third kappa shape index (κ3) is 6.00. The van der Waals surface area contributed by atoms with Gasteiger partial charge in [-0.1, -0.05) is 0 Å². The maximum Gasteiger partial charge on any atom is 0.147 e. The highest BCUT2D eigenvalue weighted by Gasteiger charge is 2.04. The lowest BCUT2D eigenvalue weighted by Crippen LogP contribution is -2.33. The molecule has 62 valence electrons. The first-order chi connectivity index (χ1) is 4.45. The van der Waals surface area contributed by atoms with E-state index in [1.54, 1.807) is 0 Å². The van der Waals surface area contributed by atoms with Crippen molar-refractivity contribution in [2.45, 2.75) is 19.4 Å². The second kappa shape index (κ2) is 3.90. The Morgan fingerprint density at radius 3 is 2.40 bits per heavy atom. The lowest BCUT2D eigenvalue weighted by Gasteiger charge is -2.07. The molecule has 0 saturated heterocycles. The van der Waals surface area contributed by atoms with Gasteiger partial charge in [0.1, 0.15) is 9.84 Å². The van der Waals surface area contributed by atoms with Gasteiger partial charge in [-0.15, -0.1) is 0 Å². The van der Waals surface area contributed by atoms with Crippen LogP contribution >= 0.6 is 0 Å². The molecule has 3 N–H and O–H groups in total. The molecule has 0 radical (unpaired) electrons. The molecule has 0 heterocycles. The lowest BCUT2D eigenvalue weighted by atomic mass is 10.3. The van der Waals surface area contributed by atoms with Crippen molar-refractivity contribution in [2.75, 3.05) is 12.0 Å². The molecule has 0 amide bonds. The molecule has 0 aromatic heterocycles. The quantitative estimate of drug-likeness (QED) is 0.427. The fourth-order valence-corrected chi connectivity index (χ4v) is 1.26. The van der Waals surface area contributed by atoms with Crippen LogP contribution in [0.5, 0.6) is 0 Å². The Morgan fingerprint density at radius 1 is 1.60 bits per heavy atom. The van der Waals surface area contributed by atoms with Crippen molar-refractivity contribution in [1.29, 1.82) is 0 Å². The molecule has 0 saturated carbocycles. The highest BCUT2D eigenvalue weighted by Crippen LogP contribution is 1.92. The SMILES string of the molecule is CC(CCS(C)(=O)=O)NN. The summed E-state index contributed by atoms with van der Waals surface area (Å²) in [7, 11) is -2.82. The molecule has 0 aliphatic carbocycles. The molecule has 0 aliphatic rings. The van der Waals surface area contributed by atoms with Gasteiger partial charge in [0.25, 0.3) is 0 Å². The number of sulfone groups is 1. The zero-order valence-electron chi connectivity index (χ0n) is 6.29. The highest BCUT2D eigenvalue weighted by atomic mass is 32.2. The van der Waals surface area contributed by atoms with Crippen molar-refractivity contribution in [2.24, 2.45) is 5.84 Å². The van der Waals surface area contributed by atoms with E-state index in [0.717, 1.165) is 0 Å². The number of hydrogen-bond acceptors (Lipinski definition) is 4. The van der Waals surface area contributed by atoms with Crippen molar-refractivity contribution in [3.05, 3.63) is 0 Å². The zero-order valence-corrected chi connectivity index (χ0v) is 7.11.